The van der Waals surface area contributed by atoms with Crippen molar-refractivity contribution in [3.8, 4) is 17.9 Å². The SMILES string of the molecule is CC[C@@]12CO[C@H](C1OP(OCCC#N)N(C(C)C)C(C)C)[C@H](n1cc(C#CCNC(C)=O)c(=O)[nH]c1=O)O2. The van der Waals surface area contributed by atoms with Crippen molar-refractivity contribution in [1.82, 2.24) is 19.5 Å². The number of nitriles is 1. The molecule has 2 bridgehead atoms. The molecule has 0 aromatic carbocycles. The second-order valence-corrected chi connectivity index (χ2v) is 11.1. The molecule has 2 saturated heterocycles. The molecule has 3 rings (SSSR count). The number of carbonyl (C=O) groups is 1. The number of aromatic nitrogens is 2. The highest BCUT2D eigenvalue weighted by atomic mass is 31.2. The molecule has 1 aromatic heterocycles. The third kappa shape index (κ3) is 6.52. The fourth-order valence-electron chi connectivity index (χ4n) is 4.57. The fraction of sp³-hybridized carbons (Fsp3) is 0.680. The number of aromatic amines is 1. The monoisotopic (exact) mass is 549 g/mol. The molecule has 0 aliphatic carbocycles. The summed E-state index contributed by atoms with van der Waals surface area (Å²) < 4.78 is 28.6. The number of carbonyl (C=O) groups excluding carboxylic acids is 1. The van der Waals surface area contributed by atoms with Crippen molar-refractivity contribution < 1.29 is 23.3 Å². The van der Waals surface area contributed by atoms with Gasteiger partial charge < -0.3 is 23.8 Å². The standard InChI is InChI=1S/C25H36N5O7P/c1-7-25-15-34-20(21(25)37-38(35-13-9-11-26)30(16(2)3)17(4)5)23(36-25)29-14-19(22(32)28-24(29)33)10-8-12-27-18(6)31/h14,16-17,20-21,23H,7,9,12-13,15H2,1-6H3,(H,27,31)(H,28,32,33)/t20-,21?,23-,25-,38?/m1/s1. The number of nitrogens with zero attached hydrogens (tertiary/aromatic N) is 3. The molecule has 1 aromatic rings. The highest BCUT2D eigenvalue weighted by Gasteiger charge is 2.63. The van der Waals surface area contributed by atoms with E-state index in [1.165, 1.54) is 17.7 Å². The molecule has 2 N–H and O–H groups in total. The van der Waals surface area contributed by atoms with Crippen LogP contribution in [0.25, 0.3) is 0 Å². The van der Waals surface area contributed by atoms with Gasteiger partial charge in [0.2, 0.25) is 5.91 Å². The molecule has 38 heavy (non-hydrogen) atoms. The molecule has 12 nitrogen and oxygen atoms in total. The smallest absolute Gasteiger partial charge is 0.330 e. The molecule has 0 saturated carbocycles. The first-order valence-electron chi connectivity index (χ1n) is 12.7. The highest BCUT2D eigenvalue weighted by molar-refractivity contribution is 7.44. The second kappa shape index (κ2) is 13.0. The Morgan fingerprint density at radius 3 is 2.68 bits per heavy atom. The van der Waals surface area contributed by atoms with Gasteiger partial charge in [-0.1, -0.05) is 18.8 Å². The van der Waals surface area contributed by atoms with Gasteiger partial charge >= 0.3 is 5.69 Å². The van der Waals surface area contributed by atoms with Gasteiger partial charge in [0.1, 0.15) is 23.4 Å². The summed E-state index contributed by atoms with van der Waals surface area (Å²) in [6, 6.07) is 2.31. The molecule has 2 aliphatic rings. The minimum Gasteiger partial charge on any atom is -0.368 e. The van der Waals surface area contributed by atoms with Gasteiger partial charge in [0, 0.05) is 25.2 Å². The van der Waals surface area contributed by atoms with Crippen molar-refractivity contribution in [2.45, 2.75) is 90.5 Å². The number of nitrogens with one attached hydrogen (secondary N) is 2. The van der Waals surface area contributed by atoms with Crippen LogP contribution in [0.4, 0.5) is 0 Å². The van der Waals surface area contributed by atoms with E-state index in [1.807, 2.05) is 6.92 Å². The molecule has 2 fully saturated rings. The summed E-state index contributed by atoms with van der Waals surface area (Å²) in [4.78, 5) is 38.5. The average molecular weight is 550 g/mol. The van der Waals surface area contributed by atoms with Crippen molar-refractivity contribution in [3.63, 3.8) is 0 Å². The van der Waals surface area contributed by atoms with Gasteiger partial charge in [-0.2, -0.15) is 5.26 Å². The van der Waals surface area contributed by atoms with Crippen LogP contribution in [0.2, 0.25) is 0 Å². The van der Waals surface area contributed by atoms with Gasteiger partial charge in [0.25, 0.3) is 14.1 Å². The van der Waals surface area contributed by atoms with E-state index >= 15 is 0 Å². The van der Waals surface area contributed by atoms with E-state index in [0.717, 1.165) is 0 Å². The molecule has 1 amide bonds. The van der Waals surface area contributed by atoms with Crippen molar-refractivity contribution in [2.75, 3.05) is 19.8 Å². The molecular weight excluding hydrogens is 513 g/mol. The summed E-state index contributed by atoms with van der Waals surface area (Å²) in [5.74, 6) is 5.15. The van der Waals surface area contributed by atoms with Crippen molar-refractivity contribution in [2.24, 2.45) is 0 Å². The van der Waals surface area contributed by atoms with Gasteiger partial charge in [-0.05, 0) is 34.1 Å². The van der Waals surface area contributed by atoms with Gasteiger partial charge in [0.15, 0.2) is 6.23 Å². The molecule has 2 unspecified atom stereocenters. The Morgan fingerprint density at radius 2 is 2.08 bits per heavy atom. The number of hydrogen-bond donors (Lipinski definition) is 2. The van der Waals surface area contributed by atoms with E-state index < -0.39 is 43.8 Å². The van der Waals surface area contributed by atoms with E-state index in [-0.39, 0.29) is 49.7 Å². The van der Waals surface area contributed by atoms with Crippen LogP contribution in [0, 0.1) is 23.2 Å². The minimum atomic E-state index is -1.58. The number of H-pyrrole nitrogens is 1. The number of rotatable bonds is 11. The summed E-state index contributed by atoms with van der Waals surface area (Å²) in [5.41, 5.74) is -2.08. The predicted octanol–water partition coefficient (Wildman–Crippen LogP) is 1.76. The lowest BCUT2D eigenvalue weighted by molar-refractivity contribution is -0.175. The van der Waals surface area contributed by atoms with Crippen LogP contribution < -0.4 is 16.6 Å². The van der Waals surface area contributed by atoms with Gasteiger partial charge in [-0.15, -0.1) is 0 Å². The first-order valence-corrected chi connectivity index (χ1v) is 13.8. The molecular formula is C25H36N5O7P. The van der Waals surface area contributed by atoms with Crippen molar-refractivity contribution >= 4 is 14.4 Å². The van der Waals surface area contributed by atoms with Crippen LogP contribution >= 0.6 is 8.53 Å². The quantitative estimate of drug-likeness (QED) is 0.239. The predicted molar refractivity (Wildman–Crippen MR) is 140 cm³/mol. The van der Waals surface area contributed by atoms with Crippen LogP contribution in [0.3, 0.4) is 0 Å². The van der Waals surface area contributed by atoms with Gasteiger partial charge in [-0.3, -0.25) is 19.1 Å². The molecule has 3 heterocycles. The Hall–Kier alpha value is -2.57. The van der Waals surface area contributed by atoms with E-state index in [4.69, 9.17) is 23.8 Å². The average Bonchev–Trinajstić information content (AvgIpc) is 3.34. The van der Waals surface area contributed by atoms with E-state index in [0.29, 0.717) is 6.42 Å². The Kier molecular flexibility index (Phi) is 10.2. The van der Waals surface area contributed by atoms with Crippen LogP contribution in [-0.4, -0.2) is 69.8 Å². The van der Waals surface area contributed by atoms with Crippen LogP contribution in [0.1, 0.15) is 66.2 Å². The third-order valence-electron chi connectivity index (χ3n) is 6.33. The van der Waals surface area contributed by atoms with E-state index in [2.05, 4.69) is 60.6 Å². The number of ether oxygens (including phenoxy) is 2. The number of fused-ring (bicyclic) bond motifs is 2. The summed E-state index contributed by atoms with van der Waals surface area (Å²) in [6.45, 7) is 12.1. The Bertz CT molecular complexity index is 1210. The normalized spacial score (nSPS) is 24.9. The second-order valence-electron chi connectivity index (χ2n) is 9.70. The lowest BCUT2D eigenvalue weighted by Gasteiger charge is -2.38. The summed E-state index contributed by atoms with van der Waals surface area (Å²) >= 11 is 0. The third-order valence-corrected chi connectivity index (χ3v) is 8.44. The molecule has 5 atom stereocenters. The first-order chi connectivity index (χ1) is 18.0. The van der Waals surface area contributed by atoms with Crippen LogP contribution in [0.15, 0.2) is 15.8 Å². The lowest BCUT2D eigenvalue weighted by atomic mass is 9.96. The van der Waals surface area contributed by atoms with Crippen molar-refractivity contribution in [3.05, 3.63) is 32.6 Å². The first kappa shape index (κ1) is 30.0. The van der Waals surface area contributed by atoms with Crippen molar-refractivity contribution in [1.29, 1.82) is 5.26 Å². The maximum Gasteiger partial charge on any atom is 0.330 e. The maximum absolute atomic E-state index is 12.8. The zero-order valence-electron chi connectivity index (χ0n) is 22.6. The minimum absolute atomic E-state index is 0.0530. The summed E-state index contributed by atoms with van der Waals surface area (Å²) in [5, 5.41) is 11.5. The Labute approximate surface area is 223 Å². The Morgan fingerprint density at radius 1 is 1.37 bits per heavy atom. The molecule has 0 radical (unpaired) electrons. The summed E-state index contributed by atoms with van der Waals surface area (Å²) in [7, 11) is -1.58. The molecule has 2 aliphatic heterocycles. The Balaban J connectivity index is 1.93. The molecule has 0 spiro atoms. The summed E-state index contributed by atoms with van der Waals surface area (Å²) in [6.07, 6.45) is 0.0574. The zero-order valence-corrected chi connectivity index (χ0v) is 23.5. The fourth-order valence-corrected chi connectivity index (χ4v) is 6.38. The van der Waals surface area contributed by atoms with Gasteiger partial charge in [-0.25, -0.2) is 9.46 Å². The molecule has 13 heteroatoms. The molecule has 208 valence electrons. The van der Waals surface area contributed by atoms with Crippen LogP contribution in [-0.2, 0) is 23.3 Å². The number of amides is 1. The zero-order chi connectivity index (χ0) is 28.0. The number of hydrogen-bond acceptors (Lipinski definition) is 9. The van der Waals surface area contributed by atoms with E-state index in [1.54, 1.807) is 0 Å². The lowest BCUT2D eigenvalue weighted by Crippen LogP contribution is -2.43. The largest absolute Gasteiger partial charge is 0.368 e. The van der Waals surface area contributed by atoms with Gasteiger partial charge in [0.05, 0.1) is 32.2 Å². The highest BCUT2D eigenvalue weighted by Crippen LogP contribution is 2.55. The topological polar surface area (TPSA) is 148 Å². The van der Waals surface area contributed by atoms with Crippen LogP contribution in [0.5, 0.6) is 0 Å². The van der Waals surface area contributed by atoms with E-state index in [9.17, 15) is 14.4 Å². The maximum atomic E-state index is 12.8.